The molecule has 0 saturated carbocycles. The van der Waals surface area contributed by atoms with E-state index in [1.54, 1.807) is 0 Å². The Morgan fingerprint density at radius 2 is 2.29 bits per heavy atom. The van der Waals surface area contributed by atoms with Gasteiger partial charge in [0.15, 0.2) is 0 Å². The molecule has 0 aliphatic carbocycles. The first-order valence-corrected chi connectivity index (χ1v) is 5.77. The van der Waals surface area contributed by atoms with E-state index in [0.717, 1.165) is 24.5 Å². The smallest absolute Gasteiger partial charge is 0.122 e. The number of aryl methyl sites for hydroxylation is 1. The molecule has 4 heteroatoms. The summed E-state index contributed by atoms with van der Waals surface area (Å²) in [7, 11) is 0. The van der Waals surface area contributed by atoms with Gasteiger partial charge in [-0.25, -0.2) is 4.68 Å². The van der Waals surface area contributed by atoms with E-state index < -0.39 is 0 Å². The molecule has 17 heavy (non-hydrogen) atoms. The molecular formula is C13H15N3O. The number of hydrogen-bond donors (Lipinski definition) is 1. The summed E-state index contributed by atoms with van der Waals surface area (Å²) in [6.07, 6.45) is 0.997. The Morgan fingerprint density at radius 3 is 3.06 bits per heavy atom. The first-order valence-electron chi connectivity index (χ1n) is 5.77. The van der Waals surface area contributed by atoms with E-state index in [9.17, 15) is 0 Å². The van der Waals surface area contributed by atoms with Crippen LogP contribution in [-0.4, -0.2) is 16.4 Å². The number of benzene rings is 1. The van der Waals surface area contributed by atoms with Gasteiger partial charge in [0.05, 0.1) is 18.8 Å². The maximum atomic E-state index is 5.88. The van der Waals surface area contributed by atoms with Crippen LogP contribution in [0.25, 0.3) is 0 Å². The van der Waals surface area contributed by atoms with E-state index in [1.807, 2.05) is 23.7 Å². The summed E-state index contributed by atoms with van der Waals surface area (Å²) in [4.78, 5) is 0. The molecular weight excluding hydrogens is 214 g/mol. The van der Waals surface area contributed by atoms with E-state index in [0.29, 0.717) is 12.4 Å². The lowest BCUT2D eigenvalue weighted by atomic mass is 10.1. The summed E-state index contributed by atoms with van der Waals surface area (Å²) in [6, 6.07) is 8.17. The molecule has 0 spiro atoms. The molecule has 2 heterocycles. The third-order valence-electron chi connectivity index (χ3n) is 3.02. The topological polar surface area (TPSA) is 53.1 Å². The summed E-state index contributed by atoms with van der Waals surface area (Å²) >= 11 is 0. The second-order valence-electron chi connectivity index (χ2n) is 4.41. The number of anilines is 1. The Balaban J connectivity index is 1.88. The molecule has 1 aliphatic heterocycles. The summed E-state index contributed by atoms with van der Waals surface area (Å²) in [5.74, 6) is 1.72. The zero-order chi connectivity index (χ0) is 11.8. The Hall–Kier alpha value is -1.97. The van der Waals surface area contributed by atoms with Crippen LogP contribution in [0.1, 0.15) is 16.8 Å². The zero-order valence-electron chi connectivity index (χ0n) is 9.81. The fraction of sp³-hybridized carbons (Fsp3) is 0.308. The lowest BCUT2D eigenvalue weighted by Gasteiger charge is -2.06. The molecule has 4 nitrogen and oxygen atoms in total. The van der Waals surface area contributed by atoms with Crippen molar-refractivity contribution in [3.8, 4) is 5.75 Å². The summed E-state index contributed by atoms with van der Waals surface area (Å²) in [5, 5.41) is 4.36. The predicted molar refractivity (Wildman–Crippen MR) is 66.1 cm³/mol. The van der Waals surface area contributed by atoms with Gasteiger partial charge in [-0.05, 0) is 24.1 Å². The number of hydrogen-bond acceptors (Lipinski definition) is 3. The van der Waals surface area contributed by atoms with E-state index >= 15 is 0 Å². The molecule has 2 N–H and O–H groups in total. The van der Waals surface area contributed by atoms with Crippen LogP contribution in [-0.2, 0) is 13.0 Å². The number of rotatable bonds is 2. The number of fused-ring (bicyclic) bond motifs is 1. The predicted octanol–water partition coefficient (Wildman–Crippen LogP) is 1.76. The van der Waals surface area contributed by atoms with Crippen molar-refractivity contribution in [2.45, 2.75) is 19.9 Å². The molecule has 0 amide bonds. The van der Waals surface area contributed by atoms with E-state index in [-0.39, 0.29) is 0 Å². The molecule has 1 aromatic heterocycles. The minimum absolute atomic E-state index is 0.708. The highest BCUT2D eigenvalue weighted by molar-refractivity contribution is 5.40. The van der Waals surface area contributed by atoms with Crippen LogP contribution >= 0.6 is 0 Å². The monoisotopic (exact) mass is 229 g/mol. The van der Waals surface area contributed by atoms with Gasteiger partial charge in [-0.1, -0.05) is 12.1 Å². The molecule has 0 unspecified atom stereocenters. The fourth-order valence-electron chi connectivity index (χ4n) is 2.20. The highest BCUT2D eigenvalue weighted by Gasteiger charge is 2.12. The van der Waals surface area contributed by atoms with E-state index in [1.165, 1.54) is 11.1 Å². The largest absolute Gasteiger partial charge is 0.493 e. The van der Waals surface area contributed by atoms with Crippen molar-refractivity contribution in [3.05, 3.63) is 41.1 Å². The summed E-state index contributed by atoms with van der Waals surface area (Å²) in [5.41, 5.74) is 9.32. The summed E-state index contributed by atoms with van der Waals surface area (Å²) < 4.78 is 7.31. The number of aromatic nitrogens is 2. The van der Waals surface area contributed by atoms with Gasteiger partial charge in [-0.3, -0.25) is 0 Å². The van der Waals surface area contributed by atoms with Gasteiger partial charge in [0.25, 0.3) is 0 Å². The number of nitrogen functional groups attached to an aromatic ring is 1. The van der Waals surface area contributed by atoms with E-state index in [2.05, 4.69) is 17.2 Å². The molecule has 88 valence electrons. The average Bonchev–Trinajstić information content (AvgIpc) is 2.85. The number of nitrogens with zero attached hydrogens (tertiary/aromatic N) is 2. The molecule has 0 radical (unpaired) electrons. The van der Waals surface area contributed by atoms with Gasteiger partial charge < -0.3 is 10.5 Å². The van der Waals surface area contributed by atoms with Gasteiger partial charge in [0, 0.05) is 12.5 Å². The zero-order valence-corrected chi connectivity index (χ0v) is 9.81. The molecule has 0 bridgehead atoms. The molecule has 0 saturated heterocycles. The van der Waals surface area contributed by atoms with Crippen LogP contribution < -0.4 is 10.5 Å². The lowest BCUT2D eigenvalue weighted by molar-refractivity contribution is 0.357. The maximum Gasteiger partial charge on any atom is 0.122 e. The van der Waals surface area contributed by atoms with Crippen LogP contribution in [0.5, 0.6) is 5.75 Å². The van der Waals surface area contributed by atoms with Crippen molar-refractivity contribution in [2.75, 3.05) is 12.3 Å². The first-order chi connectivity index (χ1) is 8.22. The van der Waals surface area contributed by atoms with E-state index in [4.69, 9.17) is 10.5 Å². The van der Waals surface area contributed by atoms with Crippen LogP contribution in [0.15, 0.2) is 24.3 Å². The molecule has 3 rings (SSSR count). The van der Waals surface area contributed by atoms with Crippen LogP contribution in [0.3, 0.4) is 0 Å². The van der Waals surface area contributed by atoms with Gasteiger partial charge in [0.2, 0.25) is 0 Å². The fourth-order valence-corrected chi connectivity index (χ4v) is 2.20. The molecule has 0 fully saturated rings. The number of ether oxygens (including phenoxy) is 1. The third kappa shape index (κ3) is 1.86. The highest BCUT2D eigenvalue weighted by Crippen LogP contribution is 2.26. The lowest BCUT2D eigenvalue weighted by Crippen LogP contribution is -2.06. The minimum atomic E-state index is 0.708. The SMILES string of the molecule is Cc1cc(N)n(Cc2ccc3c(c2)CCO3)n1. The van der Waals surface area contributed by atoms with Gasteiger partial charge in [-0.2, -0.15) is 5.10 Å². The molecule has 1 aliphatic rings. The first kappa shape index (κ1) is 10.2. The third-order valence-corrected chi connectivity index (χ3v) is 3.02. The van der Waals surface area contributed by atoms with Crippen molar-refractivity contribution in [1.29, 1.82) is 0 Å². The van der Waals surface area contributed by atoms with Crippen molar-refractivity contribution in [2.24, 2.45) is 0 Å². The van der Waals surface area contributed by atoms with Gasteiger partial charge >= 0.3 is 0 Å². The maximum absolute atomic E-state index is 5.88. The van der Waals surface area contributed by atoms with Crippen molar-refractivity contribution in [1.82, 2.24) is 9.78 Å². The number of nitrogens with two attached hydrogens (primary N) is 1. The Morgan fingerprint density at radius 1 is 1.41 bits per heavy atom. The molecule has 1 aromatic carbocycles. The average molecular weight is 229 g/mol. The van der Waals surface area contributed by atoms with Crippen molar-refractivity contribution in [3.63, 3.8) is 0 Å². The van der Waals surface area contributed by atoms with Crippen LogP contribution in [0, 0.1) is 6.92 Å². The van der Waals surface area contributed by atoms with Crippen molar-refractivity contribution >= 4 is 5.82 Å². The van der Waals surface area contributed by atoms with Gasteiger partial charge in [0.1, 0.15) is 11.6 Å². The van der Waals surface area contributed by atoms with Crippen LogP contribution in [0.2, 0.25) is 0 Å². The quantitative estimate of drug-likeness (QED) is 0.853. The van der Waals surface area contributed by atoms with Crippen LogP contribution in [0.4, 0.5) is 5.82 Å². The van der Waals surface area contributed by atoms with Gasteiger partial charge in [-0.15, -0.1) is 0 Å². The second kappa shape index (κ2) is 3.80. The minimum Gasteiger partial charge on any atom is -0.493 e. The molecule has 2 aromatic rings. The second-order valence-corrected chi connectivity index (χ2v) is 4.41. The highest BCUT2D eigenvalue weighted by atomic mass is 16.5. The Bertz CT molecular complexity index is 560. The summed E-state index contributed by atoms with van der Waals surface area (Å²) in [6.45, 7) is 3.46. The normalized spacial score (nSPS) is 13.5. The Labute approximate surface area is 100 Å². The van der Waals surface area contributed by atoms with Crippen molar-refractivity contribution < 1.29 is 4.74 Å². The standard InChI is InChI=1S/C13H15N3O/c1-9-6-13(14)16(15-9)8-10-2-3-12-11(7-10)4-5-17-12/h2-3,6-7H,4-5,8,14H2,1H3. The molecule has 0 atom stereocenters. The Kier molecular flexibility index (Phi) is 2.28.